The number of fused-ring (bicyclic) bond motifs is 1. The van der Waals surface area contributed by atoms with E-state index in [2.05, 4.69) is 15.6 Å². The van der Waals surface area contributed by atoms with Gasteiger partial charge in [0.15, 0.2) is 5.75 Å². The number of halogens is 2. The number of aromatic carboxylic acids is 1. The molecule has 3 aromatic rings. The van der Waals surface area contributed by atoms with Crippen LogP contribution >= 0.6 is 23.2 Å². The Morgan fingerprint density at radius 1 is 1.05 bits per heavy atom. The summed E-state index contributed by atoms with van der Waals surface area (Å²) in [5.41, 5.74) is 1.79. The van der Waals surface area contributed by atoms with E-state index in [1.165, 1.54) is 18.3 Å². The van der Waals surface area contributed by atoms with Crippen LogP contribution in [0.25, 0.3) is 22.3 Å². The summed E-state index contributed by atoms with van der Waals surface area (Å²) in [7, 11) is 0. The third-order valence-corrected chi connectivity index (χ3v) is 6.63. The number of phenolic OH excluding ortho intramolecular Hbond substituents is 1. The number of hydrogen-bond acceptors (Lipinski definition) is 7. The number of amides is 1. The standard InChI is InChI=1S/C26H28Cl2N4O5/c1-26(2,3)37-25(36)31-15-6-4-14(5-7-15)30-21-16(24(34)35)12-29-20-9-8-19(32-22(20)21)13-10-17(27)23(33)18(28)11-13/h8-12,14-15,33H,4-7H2,1-3H3,(H,29,30)(H,31,36)(H,34,35). The summed E-state index contributed by atoms with van der Waals surface area (Å²) in [4.78, 5) is 33.1. The highest BCUT2D eigenvalue weighted by Crippen LogP contribution is 2.37. The predicted octanol–water partition coefficient (Wildman–Crippen LogP) is 6.26. The number of nitrogens with zero attached hydrogens (tertiary/aromatic N) is 2. The second-order valence-electron chi connectivity index (χ2n) is 10.0. The molecule has 37 heavy (non-hydrogen) atoms. The largest absolute Gasteiger partial charge is 0.505 e. The number of alkyl carbamates (subject to hydrolysis) is 1. The van der Waals surface area contributed by atoms with Crippen molar-refractivity contribution in [2.24, 2.45) is 0 Å². The van der Waals surface area contributed by atoms with Gasteiger partial charge < -0.3 is 25.6 Å². The van der Waals surface area contributed by atoms with Gasteiger partial charge >= 0.3 is 12.1 Å². The van der Waals surface area contributed by atoms with Crippen LogP contribution in [0.2, 0.25) is 10.0 Å². The van der Waals surface area contributed by atoms with Crippen molar-refractivity contribution in [3.05, 3.63) is 46.1 Å². The number of carbonyl (C=O) groups excluding carboxylic acids is 1. The molecular weight excluding hydrogens is 519 g/mol. The highest BCUT2D eigenvalue weighted by molar-refractivity contribution is 6.37. The van der Waals surface area contributed by atoms with Gasteiger partial charge in [0.05, 0.1) is 26.9 Å². The number of benzene rings is 1. The van der Waals surface area contributed by atoms with Crippen LogP contribution in [0.3, 0.4) is 0 Å². The predicted molar refractivity (Wildman–Crippen MR) is 143 cm³/mol. The van der Waals surface area contributed by atoms with E-state index in [0.29, 0.717) is 53.7 Å². The van der Waals surface area contributed by atoms with Crippen LogP contribution in [-0.2, 0) is 4.74 Å². The Morgan fingerprint density at radius 3 is 2.27 bits per heavy atom. The number of ether oxygens (including phenoxy) is 1. The summed E-state index contributed by atoms with van der Waals surface area (Å²) in [6, 6.07) is 6.50. The number of carboxylic acids is 1. The molecule has 4 rings (SSSR count). The first-order chi connectivity index (χ1) is 17.4. The van der Waals surface area contributed by atoms with E-state index in [1.54, 1.807) is 12.1 Å². The van der Waals surface area contributed by atoms with Crippen LogP contribution in [-0.4, -0.2) is 49.9 Å². The molecule has 1 fully saturated rings. The lowest BCUT2D eigenvalue weighted by Gasteiger charge is -2.31. The molecule has 0 radical (unpaired) electrons. The Balaban J connectivity index is 1.59. The van der Waals surface area contributed by atoms with Crippen LogP contribution < -0.4 is 10.6 Å². The minimum Gasteiger partial charge on any atom is -0.505 e. The number of carboxylic acid groups (broad SMARTS) is 1. The third-order valence-electron chi connectivity index (χ3n) is 6.05. The number of carbonyl (C=O) groups is 2. The maximum Gasteiger partial charge on any atom is 0.407 e. The van der Waals surface area contributed by atoms with E-state index >= 15 is 0 Å². The zero-order valence-electron chi connectivity index (χ0n) is 20.6. The third kappa shape index (κ3) is 6.34. The van der Waals surface area contributed by atoms with Gasteiger partial charge in [-0.1, -0.05) is 23.2 Å². The lowest BCUT2D eigenvalue weighted by Crippen LogP contribution is -2.42. The summed E-state index contributed by atoms with van der Waals surface area (Å²) in [6.07, 6.45) is 3.73. The van der Waals surface area contributed by atoms with Crippen molar-refractivity contribution < 1.29 is 24.5 Å². The molecule has 1 aliphatic carbocycles. The number of nitrogens with one attached hydrogen (secondary N) is 2. The van der Waals surface area contributed by atoms with Gasteiger partial charge in [-0.2, -0.15) is 0 Å². The molecule has 0 unspecified atom stereocenters. The molecule has 0 saturated heterocycles. The summed E-state index contributed by atoms with van der Waals surface area (Å²) in [6.45, 7) is 5.45. The number of phenols is 1. The van der Waals surface area contributed by atoms with Crippen LogP contribution in [0.15, 0.2) is 30.5 Å². The van der Waals surface area contributed by atoms with Crippen LogP contribution in [0, 0.1) is 0 Å². The van der Waals surface area contributed by atoms with Gasteiger partial charge in [0.25, 0.3) is 0 Å². The van der Waals surface area contributed by atoms with E-state index in [4.69, 9.17) is 32.9 Å². The SMILES string of the molecule is CC(C)(C)OC(=O)NC1CCC(Nc2c(C(=O)O)cnc3ccc(-c4cc(Cl)c(O)c(Cl)c4)nc23)CC1. The number of rotatable bonds is 5. The fourth-order valence-corrected chi connectivity index (χ4v) is 4.80. The molecule has 9 nitrogen and oxygen atoms in total. The second-order valence-corrected chi connectivity index (χ2v) is 10.9. The highest BCUT2D eigenvalue weighted by atomic mass is 35.5. The quantitative estimate of drug-likeness (QED) is 0.294. The molecule has 4 N–H and O–H groups in total. The number of aromatic nitrogens is 2. The average molecular weight is 547 g/mol. The first kappa shape index (κ1) is 26.8. The number of pyridine rings is 2. The summed E-state index contributed by atoms with van der Waals surface area (Å²) in [5, 5.41) is 26.2. The molecule has 11 heteroatoms. The minimum atomic E-state index is -1.12. The van der Waals surface area contributed by atoms with E-state index in [0.717, 1.165) is 0 Å². The first-order valence-electron chi connectivity index (χ1n) is 11.9. The Hall–Kier alpha value is -3.30. The van der Waals surface area contributed by atoms with E-state index in [-0.39, 0.29) is 33.4 Å². The molecule has 1 saturated carbocycles. The molecule has 2 heterocycles. The van der Waals surface area contributed by atoms with Gasteiger partial charge in [0.2, 0.25) is 0 Å². The molecule has 2 aromatic heterocycles. The van der Waals surface area contributed by atoms with Crippen molar-refractivity contribution in [3.63, 3.8) is 0 Å². The average Bonchev–Trinajstić information content (AvgIpc) is 2.82. The molecule has 0 atom stereocenters. The lowest BCUT2D eigenvalue weighted by molar-refractivity contribution is 0.0491. The Morgan fingerprint density at radius 2 is 1.68 bits per heavy atom. The van der Waals surface area contributed by atoms with Gasteiger partial charge in [-0.3, -0.25) is 4.98 Å². The zero-order chi connectivity index (χ0) is 26.9. The smallest absolute Gasteiger partial charge is 0.407 e. The van der Waals surface area contributed by atoms with Gasteiger partial charge in [-0.15, -0.1) is 0 Å². The molecule has 0 bridgehead atoms. The van der Waals surface area contributed by atoms with Crippen molar-refractivity contribution in [3.8, 4) is 17.0 Å². The molecule has 0 spiro atoms. The first-order valence-corrected chi connectivity index (χ1v) is 12.6. The van der Waals surface area contributed by atoms with Crippen LogP contribution in [0.5, 0.6) is 5.75 Å². The van der Waals surface area contributed by atoms with Crippen molar-refractivity contribution in [2.75, 3.05) is 5.32 Å². The number of anilines is 1. The maximum atomic E-state index is 12.1. The van der Waals surface area contributed by atoms with Crippen molar-refractivity contribution >= 4 is 52.0 Å². The van der Waals surface area contributed by atoms with Crippen LogP contribution in [0.1, 0.15) is 56.8 Å². The zero-order valence-corrected chi connectivity index (χ0v) is 22.2. The number of hydrogen-bond donors (Lipinski definition) is 4. The Kier molecular flexibility index (Phi) is 7.66. The monoisotopic (exact) mass is 546 g/mol. The van der Waals surface area contributed by atoms with E-state index in [1.807, 2.05) is 20.8 Å². The van der Waals surface area contributed by atoms with Gasteiger partial charge in [0.1, 0.15) is 16.7 Å². The normalized spacial score (nSPS) is 17.9. The molecule has 1 aromatic carbocycles. The van der Waals surface area contributed by atoms with E-state index in [9.17, 15) is 19.8 Å². The highest BCUT2D eigenvalue weighted by Gasteiger charge is 2.27. The molecule has 0 aliphatic heterocycles. The van der Waals surface area contributed by atoms with Crippen LogP contribution in [0.4, 0.5) is 10.5 Å². The molecule has 1 aliphatic rings. The maximum absolute atomic E-state index is 12.1. The van der Waals surface area contributed by atoms with Gasteiger partial charge in [-0.05, 0) is 70.7 Å². The fraction of sp³-hybridized carbons (Fsp3) is 0.385. The Bertz CT molecular complexity index is 1330. The van der Waals surface area contributed by atoms with E-state index < -0.39 is 17.7 Å². The molecule has 196 valence electrons. The molecular formula is C26H28Cl2N4O5. The van der Waals surface area contributed by atoms with Crippen molar-refractivity contribution in [1.82, 2.24) is 15.3 Å². The summed E-state index contributed by atoms with van der Waals surface area (Å²) < 4.78 is 5.35. The summed E-state index contributed by atoms with van der Waals surface area (Å²) in [5.74, 6) is -1.35. The van der Waals surface area contributed by atoms with Gasteiger partial charge in [0, 0.05) is 23.8 Å². The van der Waals surface area contributed by atoms with Crippen molar-refractivity contribution in [2.45, 2.75) is 64.1 Å². The number of aromatic hydroxyl groups is 1. The Labute approximate surface area is 224 Å². The lowest BCUT2D eigenvalue weighted by atomic mass is 9.91. The minimum absolute atomic E-state index is 0.00734. The fourth-order valence-electron chi connectivity index (χ4n) is 4.31. The topological polar surface area (TPSA) is 134 Å². The van der Waals surface area contributed by atoms with Gasteiger partial charge in [-0.25, -0.2) is 14.6 Å². The molecule has 1 amide bonds. The summed E-state index contributed by atoms with van der Waals surface area (Å²) >= 11 is 12.2. The second kappa shape index (κ2) is 10.6. The van der Waals surface area contributed by atoms with Crippen molar-refractivity contribution in [1.29, 1.82) is 0 Å².